The molecule has 1 aliphatic rings. The van der Waals surface area contributed by atoms with Gasteiger partial charge in [0, 0.05) is 12.1 Å². The molecule has 1 aromatic carbocycles. The van der Waals surface area contributed by atoms with Crippen molar-refractivity contribution in [3.63, 3.8) is 0 Å². The summed E-state index contributed by atoms with van der Waals surface area (Å²) in [5.41, 5.74) is 0.412. The molecule has 0 fully saturated rings. The monoisotopic (exact) mass is 271 g/mol. The van der Waals surface area contributed by atoms with Crippen molar-refractivity contribution in [2.24, 2.45) is 0 Å². The van der Waals surface area contributed by atoms with E-state index in [2.05, 4.69) is 5.32 Å². The van der Waals surface area contributed by atoms with Crippen molar-refractivity contribution in [2.45, 2.75) is 19.4 Å². The molecule has 1 unspecified atom stereocenters. The van der Waals surface area contributed by atoms with Crippen molar-refractivity contribution in [1.29, 1.82) is 0 Å². The molecular formula is C12H14ClNO4. The third-order valence-corrected chi connectivity index (χ3v) is 2.82. The number of rotatable bonds is 4. The lowest BCUT2D eigenvalue weighted by Crippen LogP contribution is -2.26. The molecule has 0 aliphatic carbocycles. The number of nitrogens with one attached hydrogen (secondary N) is 1. The average Bonchev–Trinajstić information content (AvgIpc) is 2.76. The number of aliphatic hydroxyl groups is 1. The van der Waals surface area contributed by atoms with Crippen LogP contribution in [0.25, 0.3) is 0 Å². The standard InChI is InChI=1S/C12H14ClNO4/c1-7(15)2-3-14-12(16)8-4-9(13)11-10(5-8)17-6-18-11/h4-5,7,15H,2-3,6H2,1H3,(H,14,16). The highest BCUT2D eigenvalue weighted by atomic mass is 35.5. The third kappa shape index (κ3) is 2.86. The van der Waals surface area contributed by atoms with E-state index in [1.165, 1.54) is 6.07 Å². The normalized spacial score (nSPS) is 14.4. The molecule has 0 saturated heterocycles. The first kappa shape index (κ1) is 13.0. The van der Waals surface area contributed by atoms with E-state index in [-0.39, 0.29) is 12.7 Å². The minimum Gasteiger partial charge on any atom is -0.454 e. The molecule has 18 heavy (non-hydrogen) atoms. The largest absolute Gasteiger partial charge is 0.454 e. The molecule has 1 amide bonds. The number of hydrogen-bond donors (Lipinski definition) is 2. The van der Waals surface area contributed by atoms with Crippen LogP contribution in [0.1, 0.15) is 23.7 Å². The zero-order valence-corrected chi connectivity index (χ0v) is 10.7. The molecule has 0 bridgehead atoms. The fourth-order valence-electron chi connectivity index (χ4n) is 1.60. The van der Waals surface area contributed by atoms with Crippen LogP contribution < -0.4 is 14.8 Å². The number of amides is 1. The van der Waals surface area contributed by atoms with Crippen LogP contribution in [0.15, 0.2) is 12.1 Å². The van der Waals surface area contributed by atoms with E-state index in [9.17, 15) is 4.79 Å². The second kappa shape index (κ2) is 5.46. The van der Waals surface area contributed by atoms with E-state index < -0.39 is 6.10 Å². The van der Waals surface area contributed by atoms with E-state index in [1.807, 2.05) is 0 Å². The average molecular weight is 272 g/mol. The molecule has 1 heterocycles. The molecule has 0 spiro atoms. The summed E-state index contributed by atoms with van der Waals surface area (Å²) < 4.78 is 10.3. The first-order valence-corrected chi connectivity index (χ1v) is 6.01. The van der Waals surface area contributed by atoms with E-state index in [0.29, 0.717) is 35.1 Å². The van der Waals surface area contributed by atoms with Crippen LogP contribution in [-0.2, 0) is 0 Å². The lowest BCUT2D eigenvalue weighted by Gasteiger charge is -2.08. The lowest BCUT2D eigenvalue weighted by atomic mass is 10.2. The van der Waals surface area contributed by atoms with Gasteiger partial charge in [0.2, 0.25) is 6.79 Å². The van der Waals surface area contributed by atoms with Gasteiger partial charge in [-0.3, -0.25) is 4.79 Å². The topological polar surface area (TPSA) is 67.8 Å². The molecule has 6 heteroatoms. The van der Waals surface area contributed by atoms with Crippen LogP contribution in [0.2, 0.25) is 5.02 Å². The maximum atomic E-state index is 11.8. The van der Waals surface area contributed by atoms with E-state index >= 15 is 0 Å². The highest BCUT2D eigenvalue weighted by Crippen LogP contribution is 2.39. The minimum atomic E-state index is -0.439. The summed E-state index contributed by atoms with van der Waals surface area (Å²) in [5.74, 6) is 0.691. The molecule has 1 aromatic rings. The van der Waals surface area contributed by atoms with Gasteiger partial charge in [0.05, 0.1) is 11.1 Å². The summed E-state index contributed by atoms with van der Waals surface area (Å²) in [6.07, 6.45) is 0.0648. The summed E-state index contributed by atoms with van der Waals surface area (Å²) in [6.45, 7) is 2.19. The van der Waals surface area contributed by atoms with Gasteiger partial charge in [-0.2, -0.15) is 0 Å². The Morgan fingerprint density at radius 1 is 1.56 bits per heavy atom. The summed E-state index contributed by atoms with van der Waals surface area (Å²) in [6, 6.07) is 3.12. The Balaban J connectivity index is 2.05. The zero-order chi connectivity index (χ0) is 13.1. The van der Waals surface area contributed by atoms with Crippen LogP contribution in [0.4, 0.5) is 0 Å². The number of halogens is 1. The van der Waals surface area contributed by atoms with Crippen LogP contribution >= 0.6 is 11.6 Å². The Morgan fingerprint density at radius 2 is 2.33 bits per heavy atom. The van der Waals surface area contributed by atoms with Gasteiger partial charge in [0.25, 0.3) is 5.91 Å². The predicted octanol–water partition coefficient (Wildman–Crippen LogP) is 1.57. The molecule has 2 rings (SSSR count). The van der Waals surface area contributed by atoms with E-state index in [0.717, 1.165) is 0 Å². The highest BCUT2D eigenvalue weighted by Gasteiger charge is 2.20. The second-order valence-corrected chi connectivity index (χ2v) is 4.49. The number of benzene rings is 1. The quantitative estimate of drug-likeness (QED) is 0.872. The molecule has 5 nitrogen and oxygen atoms in total. The van der Waals surface area contributed by atoms with Crippen molar-refractivity contribution >= 4 is 17.5 Å². The number of aliphatic hydroxyl groups excluding tert-OH is 1. The zero-order valence-electron chi connectivity index (χ0n) is 9.90. The molecule has 0 saturated carbocycles. The van der Waals surface area contributed by atoms with Crippen LogP contribution in [0, 0.1) is 0 Å². The van der Waals surface area contributed by atoms with Gasteiger partial charge in [0.15, 0.2) is 11.5 Å². The van der Waals surface area contributed by atoms with Gasteiger partial charge in [-0.15, -0.1) is 0 Å². The predicted molar refractivity (Wildman–Crippen MR) is 66.2 cm³/mol. The van der Waals surface area contributed by atoms with Gasteiger partial charge in [0.1, 0.15) is 0 Å². The van der Waals surface area contributed by atoms with Gasteiger partial charge in [-0.25, -0.2) is 0 Å². The van der Waals surface area contributed by atoms with Gasteiger partial charge < -0.3 is 19.9 Å². The van der Waals surface area contributed by atoms with Crippen molar-refractivity contribution in [2.75, 3.05) is 13.3 Å². The number of hydrogen-bond acceptors (Lipinski definition) is 4. The van der Waals surface area contributed by atoms with Crippen molar-refractivity contribution in [3.8, 4) is 11.5 Å². The Bertz CT molecular complexity index is 462. The van der Waals surface area contributed by atoms with Crippen molar-refractivity contribution in [1.82, 2.24) is 5.32 Å². The van der Waals surface area contributed by atoms with Crippen LogP contribution in [-0.4, -0.2) is 30.5 Å². The summed E-state index contributed by atoms with van der Waals surface area (Å²) >= 11 is 5.98. The molecule has 0 radical (unpaired) electrons. The first-order chi connectivity index (χ1) is 8.58. The Morgan fingerprint density at radius 3 is 3.06 bits per heavy atom. The maximum Gasteiger partial charge on any atom is 0.251 e. The molecule has 98 valence electrons. The summed E-state index contributed by atoms with van der Waals surface area (Å²) in [4.78, 5) is 11.8. The van der Waals surface area contributed by atoms with Crippen molar-refractivity contribution in [3.05, 3.63) is 22.7 Å². The summed E-state index contributed by atoms with van der Waals surface area (Å²) in [7, 11) is 0. The SMILES string of the molecule is CC(O)CCNC(=O)c1cc(Cl)c2c(c1)OCO2. The van der Waals surface area contributed by atoms with Gasteiger partial charge in [-0.1, -0.05) is 11.6 Å². The van der Waals surface area contributed by atoms with Crippen molar-refractivity contribution < 1.29 is 19.4 Å². The smallest absolute Gasteiger partial charge is 0.251 e. The Labute approximate surface area is 110 Å². The van der Waals surface area contributed by atoms with E-state index in [1.54, 1.807) is 13.0 Å². The number of carbonyl (C=O) groups is 1. The number of carbonyl (C=O) groups excluding carboxylic acids is 1. The fraction of sp³-hybridized carbons (Fsp3) is 0.417. The Hall–Kier alpha value is -1.46. The number of fused-ring (bicyclic) bond motifs is 1. The van der Waals surface area contributed by atoms with Crippen LogP contribution in [0.5, 0.6) is 11.5 Å². The lowest BCUT2D eigenvalue weighted by molar-refractivity contribution is 0.0945. The molecule has 0 aromatic heterocycles. The number of ether oxygens (including phenoxy) is 2. The molecular weight excluding hydrogens is 258 g/mol. The third-order valence-electron chi connectivity index (χ3n) is 2.54. The minimum absolute atomic E-state index is 0.113. The van der Waals surface area contributed by atoms with Crippen LogP contribution in [0.3, 0.4) is 0 Å². The Kier molecular flexibility index (Phi) is 3.93. The highest BCUT2D eigenvalue weighted by molar-refractivity contribution is 6.32. The second-order valence-electron chi connectivity index (χ2n) is 4.09. The summed E-state index contributed by atoms with van der Waals surface area (Å²) in [5, 5.41) is 12.1. The first-order valence-electron chi connectivity index (χ1n) is 5.63. The molecule has 2 N–H and O–H groups in total. The molecule has 1 aliphatic heterocycles. The van der Waals surface area contributed by atoms with E-state index in [4.69, 9.17) is 26.2 Å². The van der Waals surface area contributed by atoms with Gasteiger partial charge >= 0.3 is 0 Å². The maximum absolute atomic E-state index is 11.8. The fourth-order valence-corrected chi connectivity index (χ4v) is 1.86. The molecule has 1 atom stereocenters. The van der Waals surface area contributed by atoms with Gasteiger partial charge in [-0.05, 0) is 25.5 Å².